The van der Waals surface area contributed by atoms with Crippen molar-refractivity contribution in [1.82, 2.24) is 9.21 Å². The predicted octanol–water partition coefficient (Wildman–Crippen LogP) is 2.12. The largest absolute Gasteiger partial charge is 0.398 e. The number of likely N-dealkylation sites (N-methyl/N-ethyl adjacent to an activating group) is 1. The van der Waals surface area contributed by atoms with E-state index in [1.807, 2.05) is 7.05 Å². The van der Waals surface area contributed by atoms with Crippen LogP contribution >= 0.6 is 31.9 Å². The van der Waals surface area contributed by atoms with Crippen molar-refractivity contribution in [3.05, 3.63) is 21.1 Å². The van der Waals surface area contributed by atoms with E-state index in [2.05, 4.69) is 36.8 Å². The van der Waals surface area contributed by atoms with E-state index < -0.39 is 10.0 Å². The highest BCUT2D eigenvalue weighted by molar-refractivity contribution is 9.11. The standard InChI is InChI=1S/C12H17Br2N3O2S/c1-16-3-2-4-17(6-5-16)20(18,19)12-10(14)7-9(13)8-11(12)15/h7-8H,2-6,15H2,1H3. The van der Waals surface area contributed by atoms with Crippen LogP contribution in [0.25, 0.3) is 0 Å². The summed E-state index contributed by atoms with van der Waals surface area (Å²) in [4.78, 5) is 2.29. The van der Waals surface area contributed by atoms with Crippen molar-refractivity contribution in [3.8, 4) is 0 Å². The van der Waals surface area contributed by atoms with Crippen LogP contribution in [-0.4, -0.2) is 50.8 Å². The van der Waals surface area contributed by atoms with Crippen molar-refractivity contribution >= 4 is 47.6 Å². The maximum Gasteiger partial charge on any atom is 0.246 e. The summed E-state index contributed by atoms with van der Waals surface area (Å²) < 4.78 is 28.3. The van der Waals surface area contributed by atoms with Crippen LogP contribution in [0.2, 0.25) is 0 Å². The first kappa shape index (κ1) is 16.2. The molecule has 0 amide bonds. The van der Waals surface area contributed by atoms with Crippen LogP contribution in [-0.2, 0) is 10.0 Å². The maximum atomic E-state index is 12.8. The molecule has 1 aliphatic rings. The van der Waals surface area contributed by atoms with Gasteiger partial charge >= 0.3 is 0 Å². The Morgan fingerprint density at radius 2 is 1.85 bits per heavy atom. The summed E-state index contributed by atoms with van der Waals surface area (Å²) in [5.74, 6) is 0. The van der Waals surface area contributed by atoms with E-state index in [4.69, 9.17) is 5.73 Å². The molecule has 5 nitrogen and oxygen atoms in total. The number of hydrogen-bond acceptors (Lipinski definition) is 4. The molecule has 1 aliphatic heterocycles. The molecule has 0 bridgehead atoms. The molecule has 0 aliphatic carbocycles. The van der Waals surface area contributed by atoms with E-state index >= 15 is 0 Å². The van der Waals surface area contributed by atoms with Crippen LogP contribution in [0.15, 0.2) is 26.0 Å². The molecule has 0 aromatic heterocycles. The summed E-state index contributed by atoms with van der Waals surface area (Å²) in [6.45, 7) is 2.64. The summed E-state index contributed by atoms with van der Waals surface area (Å²) >= 11 is 6.61. The van der Waals surface area contributed by atoms with Crippen LogP contribution in [0.5, 0.6) is 0 Å². The number of rotatable bonds is 2. The molecule has 20 heavy (non-hydrogen) atoms. The molecule has 2 N–H and O–H groups in total. The van der Waals surface area contributed by atoms with E-state index in [1.165, 1.54) is 4.31 Å². The summed E-state index contributed by atoms with van der Waals surface area (Å²) in [6, 6.07) is 3.31. The predicted molar refractivity (Wildman–Crippen MR) is 87.1 cm³/mol. The molecule has 0 unspecified atom stereocenters. The summed E-state index contributed by atoms with van der Waals surface area (Å²) in [5.41, 5.74) is 6.16. The first-order chi connectivity index (χ1) is 9.32. The second-order valence-corrected chi connectivity index (χ2v) is 8.51. The zero-order chi connectivity index (χ0) is 14.9. The van der Waals surface area contributed by atoms with E-state index in [1.54, 1.807) is 12.1 Å². The van der Waals surface area contributed by atoms with E-state index in [0.717, 1.165) is 24.0 Å². The van der Waals surface area contributed by atoms with Crippen LogP contribution < -0.4 is 5.73 Å². The Bertz CT molecular complexity index is 584. The third kappa shape index (κ3) is 3.36. The molecule has 112 valence electrons. The van der Waals surface area contributed by atoms with Gasteiger partial charge in [-0.2, -0.15) is 4.31 Å². The number of halogens is 2. The van der Waals surface area contributed by atoms with Gasteiger partial charge in [0.15, 0.2) is 0 Å². The fourth-order valence-corrected chi connectivity index (χ4v) is 5.73. The molecule has 2 rings (SSSR count). The zero-order valence-corrected chi connectivity index (χ0v) is 15.1. The Balaban J connectivity index is 2.40. The third-order valence-electron chi connectivity index (χ3n) is 3.31. The SMILES string of the molecule is CN1CCCN(S(=O)(=O)c2c(N)cc(Br)cc2Br)CC1. The average Bonchev–Trinajstić information content (AvgIpc) is 2.52. The molecule has 0 atom stereocenters. The van der Waals surface area contributed by atoms with Crippen LogP contribution in [0.4, 0.5) is 5.69 Å². The van der Waals surface area contributed by atoms with E-state index in [-0.39, 0.29) is 10.6 Å². The Labute approximate surface area is 136 Å². The first-order valence-electron chi connectivity index (χ1n) is 6.25. The Kier molecular flexibility index (Phi) is 5.12. The minimum atomic E-state index is -3.57. The number of nitrogen functional groups attached to an aromatic ring is 1. The fraction of sp³-hybridized carbons (Fsp3) is 0.500. The van der Waals surface area contributed by atoms with Gasteiger partial charge in [-0.3, -0.25) is 0 Å². The molecular weight excluding hydrogens is 410 g/mol. The first-order valence-corrected chi connectivity index (χ1v) is 9.28. The van der Waals surface area contributed by atoms with Gasteiger partial charge in [0.25, 0.3) is 0 Å². The highest BCUT2D eigenvalue weighted by atomic mass is 79.9. The molecule has 1 fully saturated rings. The Hall–Kier alpha value is -0.150. The number of anilines is 1. The van der Waals surface area contributed by atoms with E-state index in [0.29, 0.717) is 17.6 Å². The monoisotopic (exact) mass is 425 g/mol. The van der Waals surface area contributed by atoms with Crippen molar-refractivity contribution in [1.29, 1.82) is 0 Å². The van der Waals surface area contributed by atoms with Crippen LogP contribution in [0.1, 0.15) is 6.42 Å². The minimum Gasteiger partial charge on any atom is -0.398 e. The zero-order valence-electron chi connectivity index (χ0n) is 11.1. The van der Waals surface area contributed by atoms with Gasteiger partial charge in [0.05, 0.1) is 5.69 Å². The Morgan fingerprint density at radius 1 is 1.15 bits per heavy atom. The third-order valence-corrected chi connectivity index (χ3v) is 6.68. The van der Waals surface area contributed by atoms with Crippen molar-refractivity contribution in [2.24, 2.45) is 0 Å². The van der Waals surface area contributed by atoms with Gasteiger partial charge in [-0.1, -0.05) is 15.9 Å². The second-order valence-electron chi connectivity index (χ2n) is 4.87. The van der Waals surface area contributed by atoms with E-state index in [9.17, 15) is 8.42 Å². The van der Waals surface area contributed by atoms with Gasteiger partial charge in [-0.15, -0.1) is 0 Å². The summed E-state index contributed by atoms with van der Waals surface area (Å²) in [5, 5.41) is 0. The average molecular weight is 427 g/mol. The van der Waals surface area contributed by atoms with Gasteiger partial charge in [0.1, 0.15) is 4.90 Å². The fourth-order valence-electron chi connectivity index (χ4n) is 2.24. The quantitative estimate of drug-likeness (QED) is 0.735. The molecule has 1 saturated heterocycles. The minimum absolute atomic E-state index is 0.158. The van der Waals surface area contributed by atoms with Gasteiger partial charge in [0, 0.05) is 28.6 Å². The number of nitrogens with zero attached hydrogens (tertiary/aromatic N) is 2. The smallest absolute Gasteiger partial charge is 0.246 e. The number of nitrogens with two attached hydrogens (primary N) is 1. The molecule has 1 aromatic rings. The van der Waals surface area contributed by atoms with Gasteiger partial charge in [-0.25, -0.2) is 8.42 Å². The van der Waals surface area contributed by atoms with Crippen molar-refractivity contribution < 1.29 is 8.42 Å². The molecular formula is C12H17Br2N3O2S. The van der Waals surface area contributed by atoms with Crippen molar-refractivity contribution in [2.45, 2.75) is 11.3 Å². The number of sulfonamides is 1. The summed E-state index contributed by atoms with van der Waals surface area (Å²) in [6.07, 6.45) is 0.823. The molecule has 1 heterocycles. The van der Waals surface area contributed by atoms with Gasteiger partial charge in [-0.05, 0) is 48.1 Å². The lowest BCUT2D eigenvalue weighted by molar-refractivity contribution is 0.347. The molecule has 0 spiro atoms. The Morgan fingerprint density at radius 3 is 2.50 bits per heavy atom. The van der Waals surface area contributed by atoms with Crippen molar-refractivity contribution in [3.63, 3.8) is 0 Å². The molecule has 1 aromatic carbocycles. The molecule has 8 heteroatoms. The molecule has 0 radical (unpaired) electrons. The second kappa shape index (κ2) is 6.31. The number of hydrogen-bond donors (Lipinski definition) is 1. The van der Waals surface area contributed by atoms with Gasteiger partial charge < -0.3 is 10.6 Å². The van der Waals surface area contributed by atoms with Crippen LogP contribution in [0.3, 0.4) is 0 Å². The van der Waals surface area contributed by atoms with Crippen molar-refractivity contribution in [2.75, 3.05) is 39.0 Å². The highest BCUT2D eigenvalue weighted by Gasteiger charge is 2.30. The lowest BCUT2D eigenvalue weighted by Crippen LogP contribution is -2.35. The van der Waals surface area contributed by atoms with Gasteiger partial charge in [0.2, 0.25) is 10.0 Å². The lowest BCUT2D eigenvalue weighted by Gasteiger charge is -2.22. The topological polar surface area (TPSA) is 66.6 Å². The highest BCUT2D eigenvalue weighted by Crippen LogP contribution is 2.33. The maximum absolute atomic E-state index is 12.8. The molecule has 0 saturated carbocycles. The normalized spacial score (nSPS) is 18.9. The number of benzene rings is 1. The summed E-state index contributed by atoms with van der Waals surface area (Å²) in [7, 11) is -1.57. The lowest BCUT2D eigenvalue weighted by atomic mass is 10.3. The van der Waals surface area contributed by atoms with Crippen LogP contribution in [0, 0.1) is 0 Å².